The van der Waals surface area contributed by atoms with Crippen LogP contribution in [0.1, 0.15) is 90.1 Å². The molecule has 4 heterocycles. The first-order valence-electron chi connectivity index (χ1n) is 22.3. The maximum absolute atomic E-state index is 5.68. The van der Waals surface area contributed by atoms with Gasteiger partial charge in [0.15, 0.2) is 0 Å². The molecule has 0 N–H and O–H groups in total. The molecule has 0 aliphatic carbocycles. The van der Waals surface area contributed by atoms with E-state index in [-0.39, 0.29) is 23.0 Å². The maximum Gasteiger partial charge on any atom is 0.252 e. The Morgan fingerprint density at radius 1 is 0.468 bits per heavy atom. The van der Waals surface area contributed by atoms with E-state index < -0.39 is 0 Å². The van der Waals surface area contributed by atoms with Gasteiger partial charge in [0.25, 0.3) is 6.71 Å². The third-order valence-corrected chi connectivity index (χ3v) is 13.8. The monoisotopic (exact) mass is 806 g/mol. The minimum absolute atomic E-state index is 0.0128. The van der Waals surface area contributed by atoms with Crippen molar-refractivity contribution in [2.24, 2.45) is 0 Å². The van der Waals surface area contributed by atoms with Crippen LogP contribution in [0.25, 0.3) is 55.6 Å². The van der Waals surface area contributed by atoms with Gasteiger partial charge in [-0.25, -0.2) is 4.98 Å². The van der Waals surface area contributed by atoms with E-state index in [2.05, 4.69) is 224 Å². The van der Waals surface area contributed by atoms with E-state index in [0.717, 1.165) is 22.7 Å². The number of nitrogens with zero attached hydrogens (tertiary/aromatic N) is 4. The molecule has 2 aliphatic heterocycles. The number of anilines is 3. The Morgan fingerprint density at radius 2 is 1.03 bits per heavy atom. The molecule has 0 saturated carbocycles. The molecule has 0 atom stereocenters. The first-order chi connectivity index (χ1) is 29.5. The van der Waals surface area contributed by atoms with Crippen LogP contribution in [0.2, 0.25) is 0 Å². The van der Waals surface area contributed by atoms with Gasteiger partial charge in [-0.15, -0.1) is 0 Å². The number of imidazole rings is 1. The van der Waals surface area contributed by atoms with Crippen molar-refractivity contribution in [2.75, 3.05) is 4.90 Å². The van der Waals surface area contributed by atoms with Gasteiger partial charge in [0.1, 0.15) is 5.82 Å². The molecule has 62 heavy (non-hydrogen) atoms. The highest BCUT2D eigenvalue weighted by atomic mass is 15.2. The Balaban J connectivity index is 1.29. The summed E-state index contributed by atoms with van der Waals surface area (Å²) in [6.45, 7) is 25.4. The number of rotatable bonds is 3. The number of benzene rings is 7. The predicted octanol–water partition coefficient (Wildman–Crippen LogP) is 12.9. The van der Waals surface area contributed by atoms with Crippen LogP contribution in [0.15, 0.2) is 133 Å². The lowest BCUT2D eigenvalue weighted by molar-refractivity contribution is 0.589. The van der Waals surface area contributed by atoms with Gasteiger partial charge in [0, 0.05) is 44.8 Å². The lowest BCUT2D eigenvalue weighted by Gasteiger charge is -2.42. The standard InChI is InChI=1S/C57H55BN4/c1-34-17-16-18-35(2)51(34)54-59-45-30-37(56(6,7)8)29-44-53(45)62(54)50-32-38(57(9,10)11)31-49-52(50)58(44)43-28-27-40(33-48(43)60(49)39-25-23-36(24-26-39)55(3,4)5)61-46-21-14-12-19-41(46)42-20-13-15-22-47(42)61/h12-33H,1-11H3. The SMILES string of the molecule is Cc1cccc(C)c1-c1nc2cc(C(C)(C)C)cc3c2n1-c1cc(C(C)(C)C)cc2c1B3c1ccc(-n3c4ccccc4c4ccccc43)cc1N2c1ccc(C(C)(C)C)cc1. The molecule has 2 aromatic heterocycles. The Bertz CT molecular complexity index is 3250. The molecule has 0 unspecified atom stereocenters. The molecule has 0 fully saturated rings. The van der Waals surface area contributed by atoms with Crippen molar-refractivity contribution in [1.82, 2.24) is 14.1 Å². The van der Waals surface area contributed by atoms with Gasteiger partial charge >= 0.3 is 0 Å². The third-order valence-electron chi connectivity index (χ3n) is 13.8. The molecule has 0 saturated heterocycles. The molecule has 2 aliphatic rings. The average molecular weight is 807 g/mol. The second-order valence-corrected chi connectivity index (χ2v) is 21.1. The van der Waals surface area contributed by atoms with Crippen LogP contribution < -0.4 is 21.3 Å². The van der Waals surface area contributed by atoms with E-state index in [1.54, 1.807) is 0 Å². The van der Waals surface area contributed by atoms with Gasteiger partial charge in [-0.1, -0.05) is 141 Å². The molecule has 11 rings (SSSR count). The van der Waals surface area contributed by atoms with Crippen LogP contribution in [-0.4, -0.2) is 20.8 Å². The molecule has 0 bridgehead atoms. The molecule has 0 radical (unpaired) electrons. The van der Waals surface area contributed by atoms with Crippen LogP contribution >= 0.6 is 0 Å². The van der Waals surface area contributed by atoms with Crippen LogP contribution in [0.3, 0.4) is 0 Å². The highest BCUT2D eigenvalue weighted by molar-refractivity contribution is 7.00. The highest BCUT2D eigenvalue weighted by Gasteiger charge is 2.44. The highest BCUT2D eigenvalue weighted by Crippen LogP contribution is 2.45. The summed E-state index contributed by atoms with van der Waals surface area (Å²) in [4.78, 5) is 8.26. The van der Waals surface area contributed by atoms with E-state index >= 15 is 0 Å². The van der Waals surface area contributed by atoms with Gasteiger partial charge in [-0.3, -0.25) is 4.57 Å². The average Bonchev–Trinajstić information content (AvgIpc) is 3.77. The second-order valence-electron chi connectivity index (χ2n) is 21.1. The van der Waals surface area contributed by atoms with E-state index in [4.69, 9.17) is 4.98 Å². The van der Waals surface area contributed by atoms with E-state index in [0.29, 0.717) is 0 Å². The lowest BCUT2D eigenvalue weighted by atomic mass is 9.33. The topological polar surface area (TPSA) is 26.0 Å². The normalized spacial score (nSPS) is 13.7. The van der Waals surface area contributed by atoms with Crippen molar-refractivity contribution in [3.8, 4) is 22.8 Å². The number of hydrogen-bond donors (Lipinski definition) is 0. The summed E-state index contributed by atoms with van der Waals surface area (Å²) in [6.07, 6.45) is 0. The molecule has 0 amide bonds. The number of fused-ring (bicyclic) bond motifs is 7. The molecular weight excluding hydrogens is 751 g/mol. The molecule has 9 aromatic rings. The summed E-state index contributed by atoms with van der Waals surface area (Å²) in [5.74, 6) is 1.02. The second kappa shape index (κ2) is 13.1. The Labute approximate surface area is 366 Å². The van der Waals surface area contributed by atoms with Gasteiger partial charge in [-0.05, 0) is 129 Å². The maximum atomic E-state index is 5.68. The Hall–Kier alpha value is -6.33. The zero-order valence-electron chi connectivity index (χ0n) is 38.1. The Morgan fingerprint density at radius 3 is 1.65 bits per heavy atom. The number of hydrogen-bond acceptors (Lipinski definition) is 2. The minimum Gasteiger partial charge on any atom is -0.311 e. The third kappa shape index (κ3) is 5.63. The first kappa shape index (κ1) is 38.6. The fourth-order valence-corrected chi connectivity index (χ4v) is 10.5. The zero-order chi connectivity index (χ0) is 43.2. The summed E-state index contributed by atoms with van der Waals surface area (Å²) in [5.41, 5.74) is 22.1. The smallest absolute Gasteiger partial charge is 0.252 e. The largest absolute Gasteiger partial charge is 0.311 e. The fraction of sp³-hybridized carbons (Fsp3) is 0.246. The van der Waals surface area contributed by atoms with Crippen molar-refractivity contribution in [3.05, 3.63) is 161 Å². The quantitative estimate of drug-likeness (QED) is 0.166. The summed E-state index contributed by atoms with van der Waals surface area (Å²) < 4.78 is 5.00. The van der Waals surface area contributed by atoms with Gasteiger partial charge in [-0.2, -0.15) is 0 Å². The number of para-hydroxylation sites is 2. The lowest BCUT2D eigenvalue weighted by Crippen LogP contribution is -2.60. The van der Waals surface area contributed by atoms with Crippen molar-refractivity contribution >= 4 is 73.0 Å². The Kier molecular flexibility index (Phi) is 8.15. The van der Waals surface area contributed by atoms with Gasteiger partial charge in [0.2, 0.25) is 0 Å². The van der Waals surface area contributed by atoms with Crippen LogP contribution in [0.4, 0.5) is 17.1 Å². The van der Waals surface area contributed by atoms with Crippen LogP contribution in [0.5, 0.6) is 0 Å². The van der Waals surface area contributed by atoms with Gasteiger partial charge < -0.3 is 9.47 Å². The fourth-order valence-electron chi connectivity index (χ4n) is 10.5. The van der Waals surface area contributed by atoms with E-state index in [1.807, 2.05) is 0 Å². The molecule has 5 heteroatoms. The predicted molar refractivity (Wildman–Crippen MR) is 266 cm³/mol. The number of aryl methyl sites for hydroxylation is 2. The first-order valence-corrected chi connectivity index (χ1v) is 22.3. The molecule has 4 nitrogen and oxygen atoms in total. The summed E-state index contributed by atoms with van der Waals surface area (Å²) in [5, 5.41) is 2.53. The van der Waals surface area contributed by atoms with Crippen LogP contribution in [0, 0.1) is 13.8 Å². The van der Waals surface area contributed by atoms with E-state index in [1.165, 1.54) is 94.2 Å². The summed E-state index contributed by atoms with van der Waals surface area (Å²) in [7, 11) is 0. The zero-order valence-corrected chi connectivity index (χ0v) is 38.1. The molecular formula is C57H55BN4. The summed E-state index contributed by atoms with van der Waals surface area (Å²) in [6, 6.07) is 50.8. The van der Waals surface area contributed by atoms with Gasteiger partial charge in [0.05, 0.1) is 22.1 Å². The van der Waals surface area contributed by atoms with Crippen molar-refractivity contribution in [1.29, 1.82) is 0 Å². The van der Waals surface area contributed by atoms with Crippen molar-refractivity contribution in [3.63, 3.8) is 0 Å². The minimum atomic E-state index is -0.122. The molecule has 0 spiro atoms. The number of aromatic nitrogens is 3. The summed E-state index contributed by atoms with van der Waals surface area (Å²) >= 11 is 0. The molecule has 7 aromatic carbocycles. The van der Waals surface area contributed by atoms with Crippen molar-refractivity contribution in [2.45, 2.75) is 92.4 Å². The van der Waals surface area contributed by atoms with Crippen molar-refractivity contribution < 1.29 is 0 Å². The van der Waals surface area contributed by atoms with Crippen LogP contribution in [-0.2, 0) is 16.2 Å². The molecule has 306 valence electrons. The van der Waals surface area contributed by atoms with E-state index in [9.17, 15) is 0 Å².